The number of carbonyl (C=O) groups is 2. The van der Waals surface area contributed by atoms with Crippen LogP contribution >= 0.6 is 0 Å². The molecule has 0 atom stereocenters. The van der Waals surface area contributed by atoms with Crippen molar-refractivity contribution in [3.05, 3.63) is 21.5 Å². The molecule has 1 heterocycles. The average Bonchev–Trinajstić information content (AvgIpc) is 2.71. The van der Waals surface area contributed by atoms with Gasteiger partial charge in [-0.3, -0.25) is 24.4 Å². The molecule has 0 saturated carbocycles. The van der Waals surface area contributed by atoms with Crippen molar-refractivity contribution in [2.45, 2.75) is 40.2 Å². The van der Waals surface area contributed by atoms with Gasteiger partial charge >= 0.3 is 11.7 Å². The molecule has 0 unspecified atom stereocenters. The summed E-state index contributed by atoms with van der Waals surface area (Å²) in [6, 6.07) is 0. The number of aryl methyl sites for hydroxylation is 2. The van der Waals surface area contributed by atoms with Gasteiger partial charge in [0.15, 0.2) is 0 Å². The fourth-order valence-electron chi connectivity index (χ4n) is 2.22. The molecule has 0 aliphatic heterocycles. The Morgan fingerprint density at radius 1 is 1.36 bits per heavy atom. The van der Waals surface area contributed by atoms with Crippen LogP contribution in [0.15, 0.2) is 0 Å². The third-order valence-electron chi connectivity index (χ3n) is 3.39. The van der Waals surface area contributed by atoms with E-state index in [0.717, 1.165) is 0 Å². The molecule has 0 spiro atoms. The number of rotatable bonds is 8. The van der Waals surface area contributed by atoms with Crippen LogP contribution in [0.25, 0.3) is 0 Å². The van der Waals surface area contributed by atoms with Gasteiger partial charge in [-0.15, -0.1) is 0 Å². The Labute approximate surface area is 127 Å². The van der Waals surface area contributed by atoms with Crippen LogP contribution in [0.4, 0.5) is 5.69 Å². The molecule has 9 heteroatoms. The van der Waals surface area contributed by atoms with Gasteiger partial charge in [-0.05, 0) is 20.8 Å². The topological polar surface area (TPSA) is 119 Å². The lowest BCUT2D eigenvalue weighted by molar-refractivity contribution is -0.386. The van der Waals surface area contributed by atoms with Gasteiger partial charge in [0.2, 0.25) is 5.91 Å². The van der Waals surface area contributed by atoms with Gasteiger partial charge in [0.1, 0.15) is 11.4 Å². The van der Waals surface area contributed by atoms with Crippen molar-refractivity contribution >= 4 is 17.6 Å². The highest BCUT2D eigenvalue weighted by molar-refractivity contribution is 5.77. The van der Waals surface area contributed by atoms with Crippen molar-refractivity contribution in [2.75, 3.05) is 13.1 Å². The number of nitro groups is 1. The summed E-state index contributed by atoms with van der Waals surface area (Å²) >= 11 is 0. The van der Waals surface area contributed by atoms with Crippen LogP contribution in [-0.4, -0.2) is 49.7 Å². The quantitative estimate of drug-likeness (QED) is 0.567. The molecule has 0 radical (unpaired) electrons. The molecule has 122 valence electrons. The average molecular weight is 312 g/mol. The summed E-state index contributed by atoms with van der Waals surface area (Å²) < 4.78 is 1.44. The summed E-state index contributed by atoms with van der Waals surface area (Å²) in [5.74, 6) is -1.15. The van der Waals surface area contributed by atoms with Gasteiger partial charge in [-0.2, -0.15) is 5.10 Å². The van der Waals surface area contributed by atoms with Crippen LogP contribution in [0.5, 0.6) is 0 Å². The molecule has 0 aliphatic carbocycles. The number of carboxylic acids is 1. The molecule has 9 nitrogen and oxygen atoms in total. The van der Waals surface area contributed by atoms with E-state index >= 15 is 0 Å². The molecule has 0 aromatic carbocycles. The maximum Gasteiger partial charge on any atom is 0.312 e. The van der Waals surface area contributed by atoms with E-state index in [0.29, 0.717) is 17.9 Å². The van der Waals surface area contributed by atoms with Crippen molar-refractivity contribution in [3.8, 4) is 0 Å². The highest BCUT2D eigenvalue weighted by atomic mass is 16.6. The molecule has 1 amide bonds. The van der Waals surface area contributed by atoms with Gasteiger partial charge < -0.3 is 10.0 Å². The Hall–Kier alpha value is -2.45. The lowest BCUT2D eigenvalue weighted by Crippen LogP contribution is -2.33. The van der Waals surface area contributed by atoms with E-state index in [4.69, 9.17) is 5.11 Å². The molecular formula is C13H20N4O5. The van der Waals surface area contributed by atoms with Gasteiger partial charge in [0.25, 0.3) is 0 Å². The Kier molecular flexibility index (Phi) is 6.02. The summed E-state index contributed by atoms with van der Waals surface area (Å²) in [5.41, 5.74) is 0.683. The SMILES string of the molecule is CCN(CCC(=O)O)C(=O)CCn1nc(C)c([N+](=O)[O-])c1C. The van der Waals surface area contributed by atoms with Crippen LogP contribution in [0.2, 0.25) is 0 Å². The summed E-state index contributed by atoms with van der Waals surface area (Å²) in [7, 11) is 0. The zero-order valence-electron chi connectivity index (χ0n) is 12.9. The molecule has 1 aromatic heterocycles. The number of aromatic nitrogens is 2. The minimum atomic E-state index is -0.958. The first kappa shape index (κ1) is 17.6. The third-order valence-corrected chi connectivity index (χ3v) is 3.39. The normalized spacial score (nSPS) is 10.5. The first-order valence-corrected chi connectivity index (χ1v) is 6.95. The van der Waals surface area contributed by atoms with E-state index in [2.05, 4.69) is 5.10 Å². The van der Waals surface area contributed by atoms with E-state index in [9.17, 15) is 19.7 Å². The second-order valence-corrected chi connectivity index (χ2v) is 4.87. The van der Waals surface area contributed by atoms with Crippen molar-refractivity contribution in [1.29, 1.82) is 0 Å². The van der Waals surface area contributed by atoms with Gasteiger partial charge in [0, 0.05) is 19.5 Å². The third kappa shape index (κ3) is 4.27. The zero-order valence-corrected chi connectivity index (χ0v) is 12.9. The van der Waals surface area contributed by atoms with Crippen molar-refractivity contribution < 1.29 is 19.6 Å². The minimum Gasteiger partial charge on any atom is -0.481 e. The van der Waals surface area contributed by atoms with E-state index < -0.39 is 10.9 Å². The summed E-state index contributed by atoms with van der Waals surface area (Å²) in [6.45, 7) is 5.71. The Balaban J connectivity index is 2.69. The van der Waals surface area contributed by atoms with Crippen LogP contribution in [0.3, 0.4) is 0 Å². The molecule has 0 saturated heterocycles. The summed E-state index contributed by atoms with van der Waals surface area (Å²) in [4.78, 5) is 34.5. The number of carbonyl (C=O) groups excluding carboxylic acids is 1. The van der Waals surface area contributed by atoms with E-state index in [-0.39, 0.29) is 37.5 Å². The van der Waals surface area contributed by atoms with Crippen LogP contribution in [0.1, 0.15) is 31.2 Å². The molecule has 22 heavy (non-hydrogen) atoms. The van der Waals surface area contributed by atoms with E-state index in [1.165, 1.54) is 9.58 Å². The minimum absolute atomic E-state index is 0.0364. The standard InChI is InChI=1S/C13H20N4O5/c1-4-15(7-6-12(19)20)11(18)5-8-16-10(3)13(17(21)22)9(2)14-16/h4-8H2,1-3H3,(H,19,20). The Bertz CT molecular complexity index is 581. The van der Waals surface area contributed by atoms with Crippen LogP contribution in [0, 0.1) is 24.0 Å². The van der Waals surface area contributed by atoms with Crippen LogP contribution in [-0.2, 0) is 16.1 Å². The first-order valence-electron chi connectivity index (χ1n) is 6.95. The van der Waals surface area contributed by atoms with Gasteiger partial charge in [0.05, 0.1) is 17.9 Å². The monoisotopic (exact) mass is 312 g/mol. The predicted octanol–water partition coefficient (Wildman–Crippen LogP) is 1.12. The Morgan fingerprint density at radius 2 is 2.00 bits per heavy atom. The zero-order chi connectivity index (χ0) is 16.9. The number of aliphatic carboxylic acids is 1. The lowest BCUT2D eigenvalue weighted by Gasteiger charge is -2.20. The second kappa shape index (κ2) is 7.53. The van der Waals surface area contributed by atoms with E-state index in [1.54, 1.807) is 20.8 Å². The molecular weight excluding hydrogens is 292 g/mol. The number of hydrogen-bond acceptors (Lipinski definition) is 5. The maximum absolute atomic E-state index is 12.1. The van der Waals surface area contributed by atoms with Gasteiger partial charge in [-0.1, -0.05) is 0 Å². The molecule has 0 bridgehead atoms. The largest absolute Gasteiger partial charge is 0.481 e. The molecule has 0 aliphatic rings. The molecule has 1 N–H and O–H groups in total. The van der Waals surface area contributed by atoms with Crippen LogP contribution < -0.4 is 0 Å². The number of hydrogen-bond donors (Lipinski definition) is 1. The van der Waals surface area contributed by atoms with Crippen molar-refractivity contribution in [2.24, 2.45) is 0 Å². The number of amides is 1. The van der Waals surface area contributed by atoms with Crippen molar-refractivity contribution in [1.82, 2.24) is 14.7 Å². The fourth-order valence-corrected chi connectivity index (χ4v) is 2.22. The highest BCUT2D eigenvalue weighted by Gasteiger charge is 2.22. The summed E-state index contributed by atoms with van der Waals surface area (Å²) in [6.07, 6.45) is 0.0114. The van der Waals surface area contributed by atoms with E-state index in [1.807, 2.05) is 0 Å². The predicted molar refractivity (Wildman–Crippen MR) is 77.5 cm³/mol. The fraction of sp³-hybridized carbons (Fsp3) is 0.615. The molecule has 1 aromatic rings. The highest BCUT2D eigenvalue weighted by Crippen LogP contribution is 2.21. The molecule has 1 rings (SSSR count). The summed E-state index contributed by atoms with van der Waals surface area (Å²) in [5, 5.41) is 23.6. The maximum atomic E-state index is 12.1. The smallest absolute Gasteiger partial charge is 0.312 e. The van der Waals surface area contributed by atoms with Crippen molar-refractivity contribution in [3.63, 3.8) is 0 Å². The lowest BCUT2D eigenvalue weighted by atomic mass is 10.3. The second-order valence-electron chi connectivity index (χ2n) is 4.87. The first-order chi connectivity index (χ1) is 10.3. The van der Waals surface area contributed by atoms with Gasteiger partial charge in [-0.25, -0.2) is 0 Å². The molecule has 0 fully saturated rings. The number of carboxylic acid groups (broad SMARTS) is 1. The number of nitrogens with zero attached hydrogens (tertiary/aromatic N) is 4. The Morgan fingerprint density at radius 3 is 2.45 bits per heavy atom.